The van der Waals surface area contributed by atoms with Crippen molar-refractivity contribution in [1.29, 1.82) is 0 Å². The van der Waals surface area contributed by atoms with Crippen LogP contribution in [0.2, 0.25) is 0 Å². The Bertz CT molecular complexity index is 347. The van der Waals surface area contributed by atoms with Crippen LogP contribution in [0, 0.1) is 0 Å². The first-order valence-corrected chi connectivity index (χ1v) is 6.00. The number of hydrogen-bond acceptors (Lipinski definition) is 2. The molecule has 3 nitrogen and oxygen atoms in total. The highest BCUT2D eigenvalue weighted by Gasteiger charge is 2.14. The third-order valence-corrected chi connectivity index (χ3v) is 2.47. The number of rotatable bonds is 5. The van der Waals surface area contributed by atoms with Gasteiger partial charge in [-0.05, 0) is 32.4 Å². The number of amides is 1. The van der Waals surface area contributed by atoms with Gasteiger partial charge in [0.15, 0.2) is 5.76 Å². The Morgan fingerprint density at radius 2 is 2.19 bits per heavy atom. The molecule has 1 aromatic heterocycles. The van der Waals surface area contributed by atoms with E-state index >= 15 is 0 Å². The molecule has 0 aliphatic heterocycles. The standard InChI is InChI=1S/C12H18ClNO2/c1-4-10-5-6-11(16-10)12(15)14-9(3)7-8(2)13/h5-6,8-9H,4,7H2,1-3H3,(H,14,15). The van der Waals surface area contributed by atoms with Crippen LogP contribution in [0.25, 0.3) is 0 Å². The maximum absolute atomic E-state index is 11.7. The Kier molecular flexibility index (Phi) is 4.87. The molecule has 0 aliphatic carbocycles. The van der Waals surface area contributed by atoms with Crippen molar-refractivity contribution in [2.24, 2.45) is 0 Å². The minimum absolute atomic E-state index is 0.0511. The molecule has 1 N–H and O–H groups in total. The molecule has 0 fully saturated rings. The molecule has 0 spiro atoms. The third kappa shape index (κ3) is 3.89. The number of aryl methyl sites for hydroxylation is 1. The van der Waals surface area contributed by atoms with Crippen LogP contribution in [-0.2, 0) is 6.42 Å². The average Bonchev–Trinajstić information content (AvgIpc) is 2.64. The van der Waals surface area contributed by atoms with Gasteiger partial charge in [0.1, 0.15) is 5.76 Å². The maximum atomic E-state index is 11.7. The van der Waals surface area contributed by atoms with Crippen LogP contribution in [0.5, 0.6) is 0 Å². The molecule has 1 rings (SSSR count). The van der Waals surface area contributed by atoms with Crippen LogP contribution >= 0.6 is 11.6 Å². The Balaban J connectivity index is 2.51. The van der Waals surface area contributed by atoms with E-state index in [9.17, 15) is 4.79 Å². The number of halogens is 1. The lowest BCUT2D eigenvalue weighted by atomic mass is 10.2. The van der Waals surface area contributed by atoms with E-state index in [0.29, 0.717) is 5.76 Å². The van der Waals surface area contributed by atoms with Crippen molar-refractivity contribution in [3.05, 3.63) is 23.7 Å². The lowest BCUT2D eigenvalue weighted by molar-refractivity contribution is 0.0909. The SMILES string of the molecule is CCc1ccc(C(=O)NC(C)CC(C)Cl)o1. The summed E-state index contributed by atoms with van der Waals surface area (Å²) in [6, 6.07) is 3.57. The van der Waals surface area contributed by atoms with Crippen molar-refractivity contribution in [3.8, 4) is 0 Å². The van der Waals surface area contributed by atoms with E-state index in [1.54, 1.807) is 6.07 Å². The normalized spacial score (nSPS) is 14.5. The highest BCUT2D eigenvalue weighted by molar-refractivity contribution is 6.20. The van der Waals surface area contributed by atoms with E-state index in [1.807, 2.05) is 26.8 Å². The molecule has 16 heavy (non-hydrogen) atoms. The predicted molar refractivity (Wildman–Crippen MR) is 64.9 cm³/mol. The van der Waals surface area contributed by atoms with Gasteiger partial charge in [0.25, 0.3) is 5.91 Å². The van der Waals surface area contributed by atoms with Crippen LogP contribution in [0.4, 0.5) is 0 Å². The highest BCUT2D eigenvalue weighted by atomic mass is 35.5. The zero-order chi connectivity index (χ0) is 12.1. The van der Waals surface area contributed by atoms with Gasteiger partial charge in [-0.2, -0.15) is 0 Å². The number of alkyl halides is 1. The Morgan fingerprint density at radius 3 is 2.69 bits per heavy atom. The Morgan fingerprint density at radius 1 is 1.50 bits per heavy atom. The van der Waals surface area contributed by atoms with Gasteiger partial charge >= 0.3 is 0 Å². The number of carbonyl (C=O) groups is 1. The summed E-state index contributed by atoms with van der Waals surface area (Å²) < 4.78 is 5.36. The molecule has 0 radical (unpaired) electrons. The van der Waals surface area contributed by atoms with Gasteiger partial charge in [-0.25, -0.2) is 0 Å². The van der Waals surface area contributed by atoms with E-state index in [0.717, 1.165) is 18.6 Å². The van der Waals surface area contributed by atoms with Crippen LogP contribution in [0.3, 0.4) is 0 Å². The van der Waals surface area contributed by atoms with Crippen LogP contribution in [0.1, 0.15) is 43.5 Å². The van der Waals surface area contributed by atoms with E-state index in [2.05, 4.69) is 5.32 Å². The lowest BCUT2D eigenvalue weighted by Crippen LogP contribution is -2.33. The van der Waals surface area contributed by atoms with Crippen molar-refractivity contribution < 1.29 is 9.21 Å². The van der Waals surface area contributed by atoms with Crippen LogP contribution < -0.4 is 5.32 Å². The molecular formula is C12H18ClNO2. The molecule has 2 atom stereocenters. The van der Waals surface area contributed by atoms with Crippen molar-refractivity contribution in [2.45, 2.75) is 45.0 Å². The molecule has 2 unspecified atom stereocenters. The topological polar surface area (TPSA) is 42.2 Å². The summed E-state index contributed by atoms with van der Waals surface area (Å²) in [5.74, 6) is 1.01. The molecular weight excluding hydrogens is 226 g/mol. The molecule has 0 aliphatic rings. The fourth-order valence-electron chi connectivity index (χ4n) is 1.53. The molecule has 0 saturated heterocycles. The number of hydrogen-bond donors (Lipinski definition) is 1. The monoisotopic (exact) mass is 243 g/mol. The fraction of sp³-hybridized carbons (Fsp3) is 0.583. The molecule has 0 bridgehead atoms. The summed E-state index contributed by atoms with van der Waals surface area (Å²) in [6.45, 7) is 5.82. The van der Waals surface area contributed by atoms with Gasteiger partial charge in [0, 0.05) is 17.8 Å². The third-order valence-electron chi connectivity index (χ3n) is 2.29. The molecule has 4 heteroatoms. The van der Waals surface area contributed by atoms with Gasteiger partial charge in [-0.3, -0.25) is 4.79 Å². The Labute approximate surface area is 101 Å². The lowest BCUT2D eigenvalue weighted by Gasteiger charge is -2.13. The Hall–Kier alpha value is -0.960. The minimum atomic E-state index is -0.176. The molecule has 1 aromatic rings. The van der Waals surface area contributed by atoms with E-state index in [1.165, 1.54) is 0 Å². The predicted octanol–water partition coefficient (Wildman–Crippen LogP) is 2.98. The molecule has 1 heterocycles. The smallest absolute Gasteiger partial charge is 0.287 e. The summed E-state index contributed by atoms with van der Waals surface area (Å²) in [6.07, 6.45) is 1.54. The quantitative estimate of drug-likeness (QED) is 0.808. The highest BCUT2D eigenvalue weighted by Crippen LogP contribution is 2.10. The number of nitrogens with one attached hydrogen (secondary N) is 1. The second kappa shape index (κ2) is 5.94. The zero-order valence-corrected chi connectivity index (χ0v) is 10.7. The molecule has 0 aromatic carbocycles. The van der Waals surface area contributed by atoms with Crippen molar-refractivity contribution in [2.75, 3.05) is 0 Å². The summed E-state index contributed by atoms with van der Waals surface area (Å²) in [7, 11) is 0. The summed E-state index contributed by atoms with van der Waals surface area (Å²) in [5, 5.41) is 2.90. The summed E-state index contributed by atoms with van der Waals surface area (Å²) in [5.41, 5.74) is 0. The number of carbonyl (C=O) groups excluding carboxylic acids is 1. The van der Waals surface area contributed by atoms with E-state index in [4.69, 9.17) is 16.0 Å². The van der Waals surface area contributed by atoms with Gasteiger partial charge in [0.05, 0.1) is 0 Å². The second-order valence-electron chi connectivity index (χ2n) is 4.01. The largest absolute Gasteiger partial charge is 0.456 e. The van der Waals surface area contributed by atoms with Crippen LogP contribution in [-0.4, -0.2) is 17.3 Å². The zero-order valence-electron chi connectivity index (χ0n) is 9.92. The van der Waals surface area contributed by atoms with E-state index in [-0.39, 0.29) is 17.3 Å². The first-order valence-electron chi connectivity index (χ1n) is 5.56. The second-order valence-corrected chi connectivity index (χ2v) is 4.76. The van der Waals surface area contributed by atoms with Crippen molar-refractivity contribution in [3.63, 3.8) is 0 Å². The minimum Gasteiger partial charge on any atom is -0.456 e. The number of furan rings is 1. The first-order chi connectivity index (χ1) is 7.52. The molecule has 0 saturated carbocycles. The van der Waals surface area contributed by atoms with Crippen molar-refractivity contribution in [1.82, 2.24) is 5.32 Å². The average molecular weight is 244 g/mol. The maximum Gasteiger partial charge on any atom is 0.287 e. The molecule has 90 valence electrons. The van der Waals surface area contributed by atoms with Crippen LogP contribution in [0.15, 0.2) is 16.5 Å². The van der Waals surface area contributed by atoms with Crippen molar-refractivity contribution >= 4 is 17.5 Å². The fourth-order valence-corrected chi connectivity index (χ4v) is 1.80. The molecule has 1 amide bonds. The van der Waals surface area contributed by atoms with E-state index < -0.39 is 0 Å². The van der Waals surface area contributed by atoms with Gasteiger partial charge < -0.3 is 9.73 Å². The first kappa shape index (κ1) is 13.1. The van der Waals surface area contributed by atoms with Gasteiger partial charge in [0.2, 0.25) is 0 Å². The summed E-state index contributed by atoms with van der Waals surface area (Å²) >= 11 is 5.85. The summed E-state index contributed by atoms with van der Waals surface area (Å²) in [4.78, 5) is 11.7. The van der Waals surface area contributed by atoms with Gasteiger partial charge in [-0.1, -0.05) is 6.92 Å². The van der Waals surface area contributed by atoms with Gasteiger partial charge in [-0.15, -0.1) is 11.6 Å².